The molecule has 0 fully saturated rings. The van der Waals surface area contributed by atoms with Gasteiger partial charge < -0.3 is 4.74 Å². The van der Waals surface area contributed by atoms with Crippen molar-refractivity contribution >= 4 is 6.47 Å². The summed E-state index contributed by atoms with van der Waals surface area (Å²) in [6.07, 6.45) is 1.04. The summed E-state index contributed by atoms with van der Waals surface area (Å²) < 4.78 is 4.38. The molecule has 0 spiro atoms. The van der Waals surface area contributed by atoms with E-state index in [0.29, 0.717) is 12.5 Å². The van der Waals surface area contributed by atoms with Crippen LogP contribution in [0, 0.1) is 5.92 Å². The van der Waals surface area contributed by atoms with Gasteiger partial charge in [-0.2, -0.15) is 0 Å². The quantitative estimate of drug-likeness (QED) is 0.548. The van der Waals surface area contributed by atoms with Crippen LogP contribution in [0.1, 0.15) is 20.3 Å². The molecule has 0 aliphatic heterocycles. The standard InChI is InChI=1S/C6H11O2/c1-3-6(2)4-8-5-7/h6H,3-4H2,1-2H3. The summed E-state index contributed by atoms with van der Waals surface area (Å²) in [5.74, 6) is 0.469. The van der Waals surface area contributed by atoms with Crippen LogP contribution in [-0.4, -0.2) is 13.1 Å². The lowest BCUT2D eigenvalue weighted by Crippen LogP contribution is -2.02. The third-order valence-electron chi connectivity index (χ3n) is 1.12. The van der Waals surface area contributed by atoms with E-state index in [4.69, 9.17) is 0 Å². The minimum Gasteiger partial charge on any atom is -0.457 e. The van der Waals surface area contributed by atoms with Crippen molar-refractivity contribution in [1.29, 1.82) is 0 Å². The van der Waals surface area contributed by atoms with Gasteiger partial charge in [0.1, 0.15) is 0 Å². The molecule has 0 aromatic carbocycles. The number of hydrogen-bond acceptors (Lipinski definition) is 2. The molecule has 1 radical (unpaired) electrons. The molecule has 1 unspecified atom stereocenters. The Morgan fingerprint density at radius 2 is 2.38 bits per heavy atom. The summed E-state index contributed by atoms with van der Waals surface area (Å²) in [4.78, 5) is 9.48. The first-order chi connectivity index (χ1) is 3.81. The van der Waals surface area contributed by atoms with Crippen LogP contribution in [0.4, 0.5) is 0 Å². The van der Waals surface area contributed by atoms with Crippen LogP contribution in [0.3, 0.4) is 0 Å². The van der Waals surface area contributed by atoms with E-state index in [2.05, 4.69) is 11.7 Å². The lowest BCUT2D eigenvalue weighted by atomic mass is 10.1. The van der Waals surface area contributed by atoms with Crippen molar-refractivity contribution in [1.82, 2.24) is 0 Å². The summed E-state index contributed by atoms with van der Waals surface area (Å²) >= 11 is 0. The Balaban J connectivity index is 2.97. The molecule has 8 heavy (non-hydrogen) atoms. The van der Waals surface area contributed by atoms with Gasteiger partial charge in [0.2, 0.25) is 0 Å². The van der Waals surface area contributed by atoms with E-state index in [9.17, 15) is 4.79 Å². The Bertz CT molecular complexity index is 61.5. The average Bonchev–Trinajstić information content (AvgIpc) is 1.83. The van der Waals surface area contributed by atoms with Gasteiger partial charge >= 0.3 is 6.47 Å². The number of hydrogen-bond donors (Lipinski definition) is 0. The van der Waals surface area contributed by atoms with Crippen LogP contribution in [0.25, 0.3) is 0 Å². The highest BCUT2D eigenvalue weighted by Crippen LogP contribution is 1.98. The molecule has 0 heterocycles. The van der Waals surface area contributed by atoms with Gasteiger partial charge in [0.05, 0.1) is 6.61 Å². The van der Waals surface area contributed by atoms with E-state index in [0.717, 1.165) is 6.42 Å². The van der Waals surface area contributed by atoms with Gasteiger partial charge in [0, 0.05) is 0 Å². The molecular weight excluding hydrogens is 104 g/mol. The lowest BCUT2D eigenvalue weighted by molar-refractivity contribution is 0.229. The van der Waals surface area contributed by atoms with Gasteiger partial charge in [-0.3, -0.25) is 0 Å². The molecule has 0 aliphatic carbocycles. The summed E-state index contributed by atoms with van der Waals surface area (Å²) in [5, 5.41) is 0. The fourth-order valence-corrected chi connectivity index (χ4v) is 0.294. The van der Waals surface area contributed by atoms with Crippen molar-refractivity contribution in [2.45, 2.75) is 20.3 Å². The first-order valence-electron chi connectivity index (χ1n) is 2.80. The maximum atomic E-state index is 9.48. The lowest BCUT2D eigenvalue weighted by Gasteiger charge is -2.02. The van der Waals surface area contributed by atoms with Crippen LogP contribution in [-0.2, 0) is 9.53 Å². The summed E-state index contributed by atoms with van der Waals surface area (Å²) in [7, 11) is 0. The Labute approximate surface area is 49.8 Å². The minimum atomic E-state index is 0.469. The zero-order chi connectivity index (χ0) is 6.41. The highest BCUT2D eigenvalue weighted by Gasteiger charge is 1.96. The van der Waals surface area contributed by atoms with Gasteiger partial charge in [0.25, 0.3) is 0 Å². The molecule has 2 heteroatoms. The van der Waals surface area contributed by atoms with Crippen LogP contribution < -0.4 is 0 Å². The Hall–Kier alpha value is -0.530. The van der Waals surface area contributed by atoms with E-state index in [1.165, 1.54) is 6.47 Å². The van der Waals surface area contributed by atoms with Crippen molar-refractivity contribution in [2.75, 3.05) is 6.61 Å². The molecule has 0 aliphatic rings. The second-order valence-corrected chi connectivity index (χ2v) is 1.91. The zero-order valence-electron chi connectivity index (χ0n) is 5.31. The molecule has 47 valence electrons. The summed E-state index contributed by atoms with van der Waals surface area (Å²) in [6.45, 7) is 5.96. The van der Waals surface area contributed by atoms with Crippen LogP contribution >= 0.6 is 0 Å². The summed E-state index contributed by atoms with van der Waals surface area (Å²) in [5.41, 5.74) is 0. The van der Waals surface area contributed by atoms with E-state index < -0.39 is 0 Å². The molecule has 0 bridgehead atoms. The molecule has 2 nitrogen and oxygen atoms in total. The largest absolute Gasteiger partial charge is 0.457 e. The second-order valence-electron chi connectivity index (χ2n) is 1.91. The molecule has 0 N–H and O–H groups in total. The smallest absolute Gasteiger partial charge is 0.417 e. The van der Waals surface area contributed by atoms with E-state index >= 15 is 0 Å². The Morgan fingerprint density at radius 3 is 2.75 bits per heavy atom. The predicted octanol–water partition coefficient (Wildman–Crippen LogP) is 1.12. The van der Waals surface area contributed by atoms with Gasteiger partial charge in [0.15, 0.2) is 0 Å². The fourth-order valence-electron chi connectivity index (χ4n) is 0.294. The third-order valence-corrected chi connectivity index (χ3v) is 1.12. The van der Waals surface area contributed by atoms with Crippen molar-refractivity contribution in [3.05, 3.63) is 0 Å². The van der Waals surface area contributed by atoms with Crippen LogP contribution in [0.15, 0.2) is 0 Å². The van der Waals surface area contributed by atoms with Crippen LogP contribution in [0.2, 0.25) is 0 Å². The maximum absolute atomic E-state index is 9.48. The minimum absolute atomic E-state index is 0.469. The SMILES string of the molecule is CCC(C)CO[C]=O. The van der Waals surface area contributed by atoms with Crippen molar-refractivity contribution in [3.63, 3.8) is 0 Å². The van der Waals surface area contributed by atoms with Crippen molar-refractivity contribution < 1.29 is 9.53 Å². The Morgan fingerprint density at radius 1 is 1.75 bits per heavy atom. The molecule has 1 atom stereocenters. The zero-order valence-corrected chi connectivity index (χ0v) is 5.31. The van der Waals surface area contributed by atoms with Gasteiger partial charge in [-0.05, 0) is 5.92 Å². The van der Waals surface area contributed by atoms with E-state index in [1.54, 1.807) is 0 Å². The number of rotatable bonds is 4. The molecule has 0 aromatic rings. The van der Waals surface area contributed by atoms with Crippen molar-refractivity contribution in [2.24, 2.45) is 5.92 Å². The molecule has 0 amide bonds. The second kappa shape index (κ2) is 4.62. The normalized spacial score (nSPS) is 12.8. The monoisotopic (exact) mass is 115 g/mol. The van der Waals surface area contributed by atoms with E-state index in [-0.39, 0.29) is 0 Å². The molecule has 0 saturated heterocycles. The van der Waals surface area contributed by atoms with Gasteiger partial charge in [-0.15, -0.1) is 0 Å². The van der Waals surface area contributed by atoms with Crippen molar-refractivity contribution in [3.8, 4) is 0 Å². The van der Waals surface area contributed by atoms with Gasteiger partial charge in [-0.25, -0.2) is 4.79 Å². The fraction of sp³-hybridized carbons (Fsp3) is 0.833. The maximum Gasteiger partial charge on any atom is 0.417 e. The van der Waals surface area contributed by atoms with E-state index in [1.807, 2.05) is 6.92 Å². The molecular formula is C6H11O2. The topological polar surface area (TPSA) is 26.3 Å². The first kappa shape index (κ1) is 7.47. The third kappa shape index (κ3) is 3.65. The number of carbonyl (C=O) groups excluding carboxylic acids is 1. The highest BCUT2D eigenvalue weighted by molar-refractivity contribution is 5.38. The van der Waals surface area contributed by atoms with Crippen LogP contribution in [0.5, 0.6) is 0 Å². The summed E-state index contributed by atoms with van der Waals surface area (Å²) in [6, 6.07) is 0. The molecule has 0 rings (SSSR count). The van der Waals surface area contributed by atoms with Gasteiger partial charge in [-0.1, -0.05) is 20.3 Å². The average molecular weight is 115 g/mol. The first-order valence-corrected chi connectivity index (χ1v) is 2.80. The molecule has 0 saturated carbocycles. The highest BCUT2D eigenvalue weighted by atomic mass is 16.5. The number of ether oxygens (including phenoxy) is 1. The molecule has 0 aromatic heterocycles. The predicted molar refractivity (Wildman–Crippen MR) is 31.1 cm³/mol. The Kier molecular flexibility index (Phi) is 4.32.